The van der Waals surface area contributed by atoms with Gasteiger partial charge in [-0.05, 0) is 17.7 Å². The van der Waals surface area contributed by atoms with Crippen molar-refractivity contribution in [2.75, 3.05) is 13.2 Å². The van der Waals surface area contributed by atoms with E-state index in [4.69, 9.17) is 14.6 Å². The molecule has 0 spiro atoms. The van der Waals surface area contributed by atoms with Crippen LogP contribution in [-0.2, 0) is 14.3 Å². The van der Waals surface area contributed by atoms with Crippen LogP contribution in [0.25, 0.3) is 0 Å². The molecule has 0 saturated carbocycles. The van der Waals surface area contributed by atoms with Crippen molar-refractivity contribution >= 4 is 5.97 Å². The van der Waals surface area contributed by atoms with Crippen LogP contribution in [0.3, 0.4) is 0 Å². The third-order valence-electron chi connectivity index (χ3n) is 2.37. The van der Waals surface area contributed by atoms with Crippen molar-refractivity contribution in [1.82, 2.24) is 0 Å². The number of aliphatic carboxylic acids is 1. The summed E-state index contributed by atoms with van der Waals surface area (Å²) in [6.45, 7) is 0.549. The summed E-state index contributed by atoms with van der Waals surface area (Å²) in [6.07, 6.45) is -1.82. The number of halogens is 1. The van der Waals surface area contributed by atoms with Crippen molar-refractivity contribution in [2.45, 2.75) is 12.2 Å². The minimum absolute atomic E-state index is 0.239. The smallest absolute Gasteiger partial charge is 0.335 e. The maximum Gasteiger partial charge on any atom is 0.335 e. The summed E-state index contributed by atoms with van der Waals surface area (Å²) in [7, 11) is 0. The molecule has 0 amide bonds. The summed E-state index contributed by atoms with van der Waals surface area (Å²) in [5.74, 6) is -1.52. The Hall–Kier alpha value is -1.46. The lowest BCUT2D eigenvalue weighted by Crippen LogP contribution is -2.38. The fourth-order valence-corrected chi connectivity index (χ4v) is 1.68. The van der Waals surface area contributed by atoms with Crippen molar-refractivity contribution in [1.29, 1.82) is 0 Å². The molecule has 0 aromatic heterocycles. The minimum atomic E-state index is -1.10. The Bertz CT molecular complexity index is 393. The highest BCUT2D eigenvalue weighted by Crippen LogP contribution is 2.27. The molecule has 0 bridgehead atoms. The molecule has 0 radical (unpaired) electrons. The summed E-state index contributed by atoms with van der Waals surface area (Å²) < 4.78 is 23.4. The lowest BCUT2D eigenvalue weighted by Gasteiger charge is -2.29. The van der Waals surface area contributed by atoms with Gasteiger partial charge in [0.15, 0.2) is 6.10 Å². The SMILES string of the molecule is O=C(O)C1OCCOC1c1cccc(F)c1. The molecule has 2 unspecified atom stereocenters. The molecule has 1 aliphatic rings. The highest BCUT2D eigenvalue weighted by molar-refractivity contribution is 5.73. The lowest BCUT2D eigenvalue weighted by atomic mass is 10.0. The van der Waals surface area contributed by atoms with Crippen LogP contribution in [0.4, 0.5) is 4.39 Å². The molecule has 1 aromatic rings. The molecule has 1 saturated heterocycles. The molecule has 0 aliphatic carbocycles. The number of ether oxygens (including phenoxy) is 2. The summed E-state index contributed by atoms with van der Waals surface area (Å²) in [5.41, 5.74) is 0.479. The molecule has 1 heterocycles. The van der Waals surface area contributed by atoms with E-state index < -0.39 is 24.0 Å². The Balaban J connectivity index is 2.26. The van der Waals surface area contributed by atoms with E-state index in [1.165, 1.54) is 18.2 Å². The summed E-state index contributed by atoms with van der Waals surface area (Å²) in [6, 6.07) is 5.69. The fourth-order valence-electron chi connectivity index (χ4n) is 1.68. The van der Waals surface area contributed by atoms with Crippen LogP contribution < -0.4 is 0 Å². The molecular weight excluding hydrogens is 215 g/mol. The first kappa shape index (κ1) is 11.0. The number of carboxylic acids is 1. The fraction of sp³-hybridized carbons (Fsp3) is 0.364. The van der Waals surface area contributed by atoms with E-state index in [1.54, 1.807) is 6.07 Å². The molecule has 5 heteroatoms. The first-order valence-corrected chi connectivity index (χ1v) is 4.90. The number of rotatable bonds is 2. The Kier molecular flexibility index (Phi) is 3.17. The van der Waals surface area contributed by atoms with Crippen LogP contribution in [0.5, 0.6) is 0 Å². The zero-order valence-electron chi connectivity index (χ0n) is 8.43. The molecule has 1 aliphatic heterocycles. The number of hydrogen-bond acceptors (Lipinski definition) is 3. The predicted molar refractivity (Wildman–Crippen MR) is 52.5 cm³/mol. The third-order valence-corrected chi connectivity index (χ3v) is 2.37. The maximum atomic E-state index is 13.0. The van der Waals surface area contributed by atoms with Gasteiger partial charge in [-0.15, -0.1) is 0 Å². The lowest BCUT2D eigenvalue weighted by molar-refractivity contribution is -0.181. The number of hydrogen-bond donors (Lipinski definition) is 1. The van der Waals surface area contributed by atoms with Gasteiger partial charge in [0.2, 0.25) is 0 Å². The quantitative estimate of drug-likeness (QED) is 0.827. The molecule has 2 atom stereocenters. The Morgan fingerprint density at radius 3 is 2.81 bits per heavy atom. The van der Waals surface area contributed by atoms with Gasteiger partial charge in [-0.2, -0.15) is 0 Å². The Morgan fingerprint density at radius 1 is 1.38 bits per heavy atom. The molecule has 16 heavy (non-hydrogen) atoms. The van der Waals surface area contributed by atoms with Crippen LogP contribution in [0, 0.1) is 5.82 Å². The number of benzene rings is 1. The zero-order valence-corrected chi connectivity index (χ0v) is 8.43. The number of carbonyl (C=O) groups is 1. The average molecular weight is 226 g/mol. The Morgan fingerprint density at radius 2 is 2.12 bits per heavy atom. The number of carboxylic acid groups (broad SMARTS) is 1. The van der Waals surface area contributed by atoms with E-state index in [9.17, 15) is 9.18 Å². The van der Waals surface area contributed by atoms with E-state index in [0.29, 0.717) is 12.2 Å². The largest absolute Gasteiger partial charge is 0.479 e. The van der Waals surface area contributed by atoms with Gasteiger partial charge in [0.25, 0.3) is 0 Å². The van der Waals surface area contributed by atoms with Crippen molar-refractivity contribution in [3.05, 3.63) is 35.6 Å². The van der Waals surface area contributed by atoms with Gasteiger partial charge >= 0.3 is 5.97 Å². The van der Waals surface area contributed by atoms with Gasteiger partial charge in [0.05, 0.1) is 13.2 Å². The van der Waals surface area contributed by atoms with Crippen molar-refractivity contribution in [3.63, 3.8) is 0 Å². The molecular formula is C11H11FO4. The molecule has 1 fully saturated rings. The van der Waals surface area contributed by atoms with Gasteiger partial charge in [0.1, 0.15) is 11.9 Å². The van der Waals surface area contributed by atoms with Gasteiger partial charge in [-0.1, -0.05) is 12.1 Å². The molecule has 86 valence electrons. The summed E-state index contributed by atoms with van der Waals surface area (Å²) in [4.78, 5) is 10.9. The highest BCUT2D eigenvalue weighted by Gasteiger charge is 2.34. The zero-order chi connectivity index (χ0) is 11.5. The van der Waals surface area contributed by atoms with Crippen LogP contribution in [0.2, 0.25) is 0 Å². The van der Waals surface area contributed by atoms with E-state index >= 15 is 0 Å². The minimum Gasteiger partial charge on any atom is -0.479 e. The predicted octanol–water partition coefficient (Wildman–Crippen LogP) is 1.37. The summed E-state index contributed by atoms with van der Waals surface area (Å²) in [5, 5.41) is 8.94. The van der Waals surface area contributed by atoms with Crippen molar-refractivity contribution in [3.8, 4) is 0 Å². The van der Waals surface area contributed by atoms with E-state index in [-0.39, 0.29) is 6.61 Å². The molecule has 1 aromatic carbocycles. The van der Waals surface area contributed by atoms with Gasteiger partial charge in [-0.25, -0.2) is 9.18 Å². The first-order chi connectivity index (χ1) is 7.68. The van der Waals surface area contributed by atoms with E-state index in [0.717, 1.165) is 0 Å². The van der Waals surface area contributed by atoms with Crippen molar-refractivity contribution < 1.29 is 23.8 Å². The summed E-state index contributed by atoms with van der Waals surface area (Å²) >= 11 is 0. The Labute approximate surface area is 91.6 Å². The topological polar surface area (TPSA) is 55.8 Å². The van der Waals surface area contributed by atoms with Crippen LogP contribution in [0.15, 0.2) is 24.3 Å². The van der Waals surface area contributed by atoms with Gasteiger partial charge in [0, 0.05) is 0 Å². The van der Waals surface area contributed by atoms with Crippen molar-refractivity contribution in [2.24, 2.45) is 0 Å². The van der Waals surface area contributed by atoms with Crippen LogP contribution in [0.1, 0.15) is 11.7 Å². The van der Waals surface area contributed by atoms with Crippen LogP contribution in [-0.4, -0.2) is 30.4 Å². The second-order valence-electron chi connectivity index (χ2n) is 3.48. The molecule has 4 nitrogen and oxygen atoms in total. The highest BCUT2D eigenvalue weighted by atomic mass is 19.1. The average Bonchev–Trinajstić information content (AvgIpc) is 2.29. The van der Waals surface area contributed by atoms with Gasteiger partial charge < -0.3 is 14.6 Å². The maximum absolute atomic E-state index is 13.0. The molecule has 2 rings (SSSR count). The van der Waals surface area contributed by atoms with Crippen LogP contribution >= 0.6 is 0 Å². The normalized spacial score (nSPS) is 25.3. The van der Waals surface area contributed by atoms with E-state index in [1.807, 2.05) is 0 Å². The standard InChI is InChI=1S/C11H11FO4/c12-8-3-1-2-7(6-8)9-10(11(13)14)16-5-4-15-9/h1-3,6,9-10H,4-5H2,(H,13,14). The monoisotopic (exact) mass is 226 g/mol. The second kappa shape index (κ2) is 4.59. The first-order valence-electron chi connectivity index (χ1n) is 4.90. The van der Waals surface area contributed by atoms with E-state index in [2.05, 4.69) is 0 Å². The van der Waals surface area contributed by atoms with Gasteiger partial charge in [-0.3, -0.25) is 0 Å². The second-order valence-corrected chi connectivity index (χ2v) is 3.48. The third kappa shape index (κ3) is 2.20. The molecule has 1 N–H and O–H groups in total.